The lowest BCUT2D eigenvalue weighted by Gasteiger charge is -2.07. The SMILES string of the molecule is N#C/C(=C\c1cn(Cc2ccccc2Cl)c2ccccc12)c1cccc(C#N)c1. The fourth-order valence-electron chi connectivity index (χ4n) is 3.42. The summed E-state index contributed by atoms with van der Waals surface area (Å²) in [6, 6.07) is 27.4. The van der Waals surface area contributed by atoms with Gasteiger partial charge in [0.15, 0.2) is 0 Å². The van der Waals surface area contributed by atoms with E-state index in [0.29, 0.717) is 17.7 Å². The maximum Gasteiger partial charge on any atom is 0.0998 e. The predicted octanol–water partition coefficient (Wildman–Crippen LogP) is 6.28. The van der Waals surface area contributed by atoms with Crippen molar-refractivity contribution in [3.8, 4) is 12.1 Å². The Hall–Kier alpha value is -3.79. The molecule has 0 fully saturated rings. The minimum absolute atomic E-state index is 0.516. The van der Waals surface area contributed by atoms with Crippen molar-refractivity contribution in [3.63, 3.8) is 0 Å². The van der Waals surface area contributed by atoms with Crippen LogP contribution in [0.25, 0.3) is 22.6 Å². The fraction of sp³-hybridized carbons (Fsp3) is 0.0400. The van der Waals surface area contributed by atoms with Crippen molar-refractivity contribution < 1.29 is 0 Å². The van der Waals surface area contributed by atoms with E-state index in [1.54, 1.807) is 18.2 Å². The number of benzene rings is 3. The van der Waals surface area contributed by atoms with Crippen LogP contribution in [-0.4, -0.2) is 4.57 Å². The summed E-state index contributed by atoms with van der Waals surface area (Å²) in [4.78, 5) is 0. The molecule has 3 nitrogen and oxygen atoms in total. The van der Waals surface area contributed by atoms with Crippen LogP contribution < -0.4 is 0 Å². The topological polar surface area (TPSA) is 52.5 Å². The molecule has 0 spiro atoms. The largest absolute Gasteiger partial charge is 0.342 e. The number of hydrogen-bond donors (Lipinski definition) is 0. The summed E-state index contributed by atoms with van der Waals surface area (Å²) in [5, 5.41) is 20.7. The van der Waals surface area contributed by atoms with E-state index in [9.17, 15) is 5.26 Å². The van der Waals surface area contributed by atoms with E-state index in [4.69, 9.17) is 16.9 Å². The Morgan fingerprint density at radius 3 is 2.55 bits per heavy atom. The van der Waals surface area contributed by atoms with Crippen molar-refractivity contribution in [2.75, 3.05) is 0 Å². The molecule has 4 aromatic rings. The number of fused-ring (bicyclic) bond motifs is 1. The van der Waals surface area contributed by atoms with E-state index in [1.807, 2.05) is 60.8 Å². The van der Waals surface area contributed by atoms with Gasteiger partial charge in [-0.15, -0.1) is 0 Å². The van der Waals surface area contributed by atoms with E-state index in [2.05, 4.69) is 22.8 Å². The number of rotatable bonds is 4. The fourth-order valence-corrected chi connectivity index (χ4v) is 3.62. The summed E-state index contributed by atoms with van der Waals surface area (Å²) in [5.74, 6) is 0. The maximum absolute atomic E-state index is 9.73. The van der Waals surface area contributed by atoms with Gasteiger partial charge in [-0.25, -0.2) is 0 Å². The van der Waals surface area contributed by atoms with Gasteiger partial charge >= 0.3 is 0 Å². The van der Waals surface area contributed by atoms with Gasteiger partial charge in [-0.2, -0.15) is 10.5 Å². The number of para-hydroxylation sites is 1. The van der Waals surface area contributed by atoms with Crippen LogP contribution in [0.5, 0.6) is 0 Å². The first-order valence-electron chi connectivity index (χ1n) is 9.13. The highest BCUT2D eigenvalue weighted by atomic mass is 35.5. The van der Waals surface area contributed by atoms with Crippen LogP contribution in [-0.2, 0) is 6.54 Å². The molecule has 0 unspecified atom stereocenters. The molecule has 1 aromatic heterocycles. The molecule has 0 N–H and O–H groups in total. The second-order valence-electron chi connectivity index (χ2n) is 6.68. The van der Waals surface area contributed by atoms with Gasteiger partial charge in [0.2, 0.25) is 0 Å². The zero-order valence-corrected chi connectivity index (χ0v) is 16.3. The molecule has 4 heteroatoms. The van der Waals surface area contributed by atoms with Gasteiger partial charge in [-0.3, -0.25) is 0 Å². The molecule has 138 valence electrons. The van der Waals surface area contributed by atoms with Crippen molar-refractivity contribution in [3.05, 3.63) is 106 Å². The molecule has 0 aliphatic carbocycles. The van der Waals surface area contributed by atoms with E-state index >= 15 is 0 Å². The summed E-state index contributed by atoms with van der Waals surface area (Å²) in [7, 11) is 0. The Morgan fingerprint density at radius 2 is 1.76 bits per heavy atom. The molecule has 0 bridgehead atoms. The van der Waals surface area contributed by atoms with Gasteiger partial charge in [-0.05, 0) is 41.5 Å². The molecule has 0 saturated heterocycles. The zero-order chi connectivity index (χ0) is 20.2. The standard InChI is InChI=1S/C25H16ClN3/c26-24-10-3-1-7-20(24)16-29-17-22(23-9-2-4-11-25(23)29)13-21(15-28)19-8-5-6-18(12-19)14-27/h1-13,17H,16H2/b21-13+. The van der Waals surface area contributed by atoms with E-state index in [-0.39, 0.29) is 0 Å². The van der Waals surface area contributed by atoms with E-state index < -0.39 is 0 Å². The van der Waals surface area contributed by atoms with Gasteiger partial charge in [0.25, 0.3) is 0 Å². The zero-order valence-electron chi connectivity index (χ0n) is 15.5. The van der Waals surface area contributed by atoms with Gasteiger partial charge in [-0.1, -0.05) is 60.1 Å². The second-order valence-corrected chi connectivity index (χ2v) is 7.09. The molecule has 0 atom stereocenters. The molecule has 4 rings (SSSR count). The highest BCUT2D eigenvalue weighted by molar-refractivity contribution is 6.31. The number of aromatic nitrogens is 1. The number of halogens is 1. The number of hydrogen-bond acceptors (Lipinski definition) is 2. The third kappa shape index (κ3) is 3.78. The van der Waals surface area contributed by atoms with Crippen molar-refractivity contribution in [1.82, 2.24) is 4.57 Å². The molecule has 3 aromatic carbocycles. The molecule has 29 heavy (non-hydrogen) atoms. The smallest absolute Gasteiger partial charge is 0.0998 e. The first-order chi connectivity index (χ1) is 14.2. The van der Waals surface area contributed by atoms with Crippen LogP contribution in [0.3, 0.4) is 0 Å². The first kappa shape index (κ1) is 18.6. The van der Waals surface area contributed by atoms with Gasteiger partial charge in [0.1, 0.15) is 0 Å². The third-order valence-corrected chi connectivity index (χ3v) is 5.21. The molecule has 0 saturated carbocycles. The van der Waals surface area contributed by atoms with E-state index in [0.717, 1.165) is 32.6 Å². The average Bonchev–Trinajstić information content (AvgIpc) is 3.11. The average molecular weight is 394 g/mol. The minimum atomic E-state index is 0.516. The minimum Gasteiger partial charge on any atom is -0.342 e. The number of nitrogens with zero attached hydrogens (tertiary/aromatic N) is 3. The van der Waals surface area contributed by atoms with Crippen molar-refractivity contribution in [1.29, 1.82) is 10.5 Å². The van der Waals surface area contributed by atoms with Crippen molar-refractivity contribution in [2.45, 2.75) is 6.54 Å². The van der Waals surface area contributed by atoms with Crippen LogP contribution in [0.15, 0.2) is 79.0 Å². The summed E-state index contributed by atoms with van der Waals surface area (Å²) in [6.45, 7) is 0.639. The number of nitriles is 2. The third-order valence-electron chi connectivity index (χ3n) is 4.84. The molecule has 1 heterocycles. The molecule has 0 aliphatic heterocycles. The maximum atomic E-state index is 9.73. The monoisotopic (exact) mass is 393 g/mol. The van der Waals surface area contributed by atoms with Crippen LogP contribution in [0, 0.1) is 22.7 Å². The lowest BCUT2D eigenvalue weighted by molar-refractivity contribution is 0.836. The normalized spacial score (nSPS) is 11.2. The first-order valence-corrected chi connectivity index (χ1v) is 9.51. The highest BCUT2D eigenvalue weighted by Crippen LogP contribution is 2.28. The Balaban J connectivity index is 1.82. The Kier molecular flexibility index (Phi) is 5.16. The molecule has 0 aliphatic rings. The van der Waals surface area contributed by atoms with Crippen LogP contribution in [0.1, 0.15) is 22.3 Å². The number of allylic oxidation sites excluding steroid dienone is 1. The van der Waals surface area contributed by atoms with Crippen LogP contribution in [0.4, 0.5) is 0 Å². The predicted molar refractivity (Wildman–Crippen MR) is 117 cm³/mol. The summed E-state index contributed by atoms with van der Waals surface area (Å²) in [6.07, 6.45) is 3.92. The van der Waals surface area contributed by atoms with Crippen molar-refractivity contribution >= 4 is 34.2 Å². The van der Waals surface area contributed by atoms with Crippen molar-refractivity contribution in [2.24, 2.45) is 0 Å². The van der Waals surface area contributed by atoms with Gasteiger partial charge < -0.3 is 4.57 Å². The molecular formula is C25H16ClN3. The summed E-state index contributed by atoms with van der Waals surface area (Å²) in [5.41, 5.74) is 4.84. The lowest BCUT2D eigenvalue weighted by Crippen LogP contribution is -1.98. The van der Waals surface area contributed by atoms with E-state index in [1.165, 1.54) is 0 Å². The quantitative estimate of drug-likeness (QED) is 0.383. The van der Waals surface area contributed by atoms with Gasteiger partial charge in [0.05, 0.1) is 23.3 Å². The second kappa shape index (κ2) is 8.07. The van der Waals surface area contributed by atoms with Gasteiger partial charge in [0, 0.05) is 34.2 Å². The Labute approximate surface area is 174 Å². The molecule has 0 amide bonds. The summed E-state index contributed by atoms with van der Waals surface area (Å²) >= 11 is 6.35. The van der Waals surface area contributed by atoms with Crippen LogP contribution >= 0.6 is 11.6 Å². The lowest BCUT2D eigenvalue weighted by atomic mass is 10.0. The summed E-state index contributed by atoms with van der Waals surface area (Å²) < 4.78 is 2.14. The Bertz CT molecular complexity index is 1320. The highest BCUT2D eigenvalue weighted by Gasteiger charge is 2.10. The van der Waals surface area contributed by atoms with Crippen LogP contribution in [0.2, 0.25) is 5.02 Å². The molecule has 0 radical (unpaired) electrons. The molecular weight excluding hydrogens is 378 g/mol. The Morgan fingerprint density at radius 1 is 0.966 bits per heavy atom.